The highest BCUT2D eigenvalue weighted by Gasteiger charge is 2.31. The Morgan fingerprint density at radius 2 is 2.46 bits per heavy atom. The molecule has 0 aromatic carbocycles. The molecule has 0 saturated heterocycles. The zero-order valence-corrected chi connectivity index (χ0v) is 7.76. The van der Waals surface area contributed by atoms with E-state index in [0.29, 0.717) is 10.4 Å². The van der Waals surface area contributed by atoms with Crippen LogP contribution in [0.1, 0.15) is 17.4 Å². The molecule has 1 heterocycles. The first-order chi connectivity index (χ1) is 5.98. The molecule has 0 aliphatic heterocycles. The van der Waals surface area contributed by atoms with Gasteiger partial charge in [0, 0.05) is 0 Å². The summed E-state index contributed by atoms with van der Waals surface area (Å²) in [7, 11) is 0. The first kappa shape index (κ1) is 9.71. The van der Waals surface area contributed by atoms with Crippen LogP contribution in [-0.2, 0) is 10.3 Å². The average Bonchev–Trinajstić information content (AvgIpc) is 2.51. The SMILES string of the molecule is C[C@](N)(C(=O)O)c1csc(C#N)c1. The van der Waals surface area contributed by atoms with Crippen LogP contribution in [0.4, 0.5) is 0 Å². The van der Waals surface area contributed by atoms with Gasteiger partial charge in [-0.3, -0.25) is 0 Å². The molecule has 5 heteroatoms. The van der Waals surface area contributed by atoms with Gasteiger partial charge < -0.3 is 10.8 Å². The highest BCUT2D eigenvalue weighted by atomic mass is 32.1. The third-order valence-corrected chi connectivity index (χ3v) is 2.59. The topological polar surface area (TPSA) is 87.1 Å². The number of nitrogens with two attached hydrogens (primary N) is 1. The summed E-state index contributed by atoms with van der Waals surface area (Å²) in [6.45, 7) is 1.40. The number of carbonyl (C=O) groups is 1. The second-order valence-corrected chi connectivity index (χ2v) is 3.73. The number of nitrogens with zero attached hydrogens (tertiary/aromatic N) is 1. The molecule has 0 radical (unpaired) electrons. The van der Waals surface area contributed by atoms with Crippen molar-refractivity contribution in [2.24, 2.45) is 5.73 Å². The molecule has 0 amide bonds. The molecule has 1 aromatic rings. The molecule has 4 nitrogen and oxygen atoms in total. The van der Waals surface area contributed by atoms with Crippen molar-refractivity contribution in [2.45, 2.75) is 12.5 Å². The van der Waals surface area contributed by atoms with Crippen molar-refractivity contribution >= 4 is 17.3 Å². The van der Waals surface area contributed by atoms with Gasteiger partial charge in [-0.1, -0.05) is 0 Å². The lowest BCUT2D eigenvalue weighted by atomic mass is 9.96. The molecular formula is C8H8N2O2S. The summed E-state index contributed by atoms with van der Waals surface area (Å²) in [5.74, 6) is -1.10. The quantitative estimate of drug-likeness (QED) is 0.735. The predicted molar refractivity (Wildman–Crippen MR) is 48.2 cm³/mol. The zero-order chi connectivity index (χ0) is 10.1. The average molecular weight is 196 g/mol. The maximum absolute atomic E-state index is 10.7. The molecule has 1 atom stereocenters. The molecule has 1 rings (SSSR count). The molecule has 0 aliphatic rings. The number of hydrogen-bond acceptors (Lipinski definition) is 4. The molecule has 3 N–H and O–H groups in total. The van der Waals surface area contributed by atoms with E-state index in [-0.39, 0.29) is 0 Å². The predicted octanol–water partition coefficient (Wildman–Crippen LogP) is 0.878. The Bertz CT molecular complexity index is 376. The molecule has 13 heavy (non-hydrogen) atoms. The van der Waals surface area contributed by atoms with E-state index >= 15 is 0 Å². The fourth-order valence-corrected chi connectivity index (χ4v) is 1.61. The molecular weight excluding hydrogens is 188 g/mol. The third-order valence-electron chi connectivity index (χ3n) is 1.75. The number of rotatable bonds is 2. The Kier molecular flexibility index (Phi) is 2.36. The van der Waals surface area contributed by atoms with E-state index in [9.17, 15) is 4.79 Å². The van der Waals surface area contributed by atoms with Gasteiger partial charge >= 0.3 is 5.97 Å². The largest absolute Gasteiger partial charge is 0.480 e. The number of thiophene rings is 1. The van der Waals surface area contributed by atoms with E-state index in [1.165, 1.54) is 24.3 Å². The van der Waals surface area contributed by atoms with Gasteiger partial charge in [-0.15, -0.1) is 11.3 Å². The van der Waals surface area contributed by atoms with Gasteiger partial charge in [0.25, 0.3) is 0 Å². The maximum atomic E-state index is 10.7. The van der Waals surface area contributed by atoms with Gasteiger partial charge in [0.1, 0.15) is 16.5 Å². The minimum Gasteiger partial charge on any atom is -0.480 e. The summed E-state index contributed by atoms with van der Waals surface area (Å²) in [6, 6.07) is 3.43. The third kappa shape index (κ3) is 1.69. The van der Waals surface area contributed by atoms with Gasteiger partial charge in [-0.25, -0.2) is 4.79 Å². The smallest absolute Gasteiger partial charge is 0.328 e. The van der Waals surface area contributed by atoms with Gasteiger partial charge in [-0.05, 0) is 23.9 Å². The summed E-state index contributed by atoms with van der Waals surface area (Å²) >= 11 is 1.19. The van der Waals surface area contributed by atoms with Gasteiger partial charge in [0.15, 0.2) is 0 Å². The Morgan fingerprint density at radius 3 is 2.85 bits per heavy atom. The molecule has 1 aromatic heterocycles. The van der Waals surface area contributed by atoms with Crippen LogP contribution in [0.5, 0.6) is 0 Å². The Labute approximate surface area is 79.2 Å². The minimum absolute atomic E-state index is 0.460. The number of hydrogen-bond donors (Lipinski definition) is 2. The van der Waals surface area contributed by atoms with Crippen LogP contribution in [0.25, 0.3) is 0 Å². The van der Waals surface area contributed by atoms with E-state index in [0.717, 1.165) is 0 Å². The monoisotopic (exact) mass is 196 g/mol. The molecule has 0 bridgehead atoms. The highest BCUT2D eigenvalue weighted by Crippen LogP contribution is 2.23. The van der Waals surface area contributed by atoms with Crippen LogP contribution in [0.3, 0.4) is 0 Å². The van der Waals surface area contributed by atoms with Crippen LogP contribution >= 0.6 is 11.3 Å². The van der Waals surface area contributed by atoms with E-state index in [1.807, 2.05) is 6.07 Å². The second kappa shape index (κ2) is 3.17. The van der Waals surface area contributed by atoms with Crippen LogP contribution in [0.15, 0.2) is 11.4 Å². The molecule has 0 unspecified atom stereocenters. The maximum Gasteiger partial charge on any atom is 0.328 e. The molecule has 0 aliphatic carbocycles. The van der Waals surface area contributed by atoms with Crippen LogP contribution < -0.4 is 5.73 Å². The summed E-state index contributed by atoms with van der Waals surface area (Å²) in [5.41, 5.74) is 4.60. The highest BCUT2D eigenvalue weighted by molar-refractivity contribution is 7.10. The fourth-order valence-electron chi connectivity index (χ4n) is 0.791. The first-order valence-electron chi connectivity index (χ1n) is 3.50. The lowest BCUT2D eigenvalue weighted by molar-refractivity contribution is -0.143. The Balaban J connectivity index is 3.09. The normalized spacial score (nSPS) is 14.5. The van der Waals surface area contributed by atoms with Crippen molar-refractivity contribution in [3.05, 3.63) is 21.9 Å². The molecule has 68 valence electrons. The van der Waals surface area contributed by atoms with Crippen LogP contribution in [0, 0.1) is 11.3 Å². The zero-order valence-electron chi connectivity index (χ0n) is 6.94. The number of carboxylic acids is 1. The van der Waals surface area contributed by atoms with E-state index in [1.54, 1.807) is 5.38 Å². The van der Waals surface area contributed by atoms with E-state index < -0.39 is 11.5 Å². The second-order valence-electron chi connectivity index (χ2n) is 2.82. The summed E-state index contributed by atoms with van der Waals surface area (Å²) in [4.78, 5) is 11.2. The summed E-state index contributed by atoms with van der Waals surface area (Å²) < 4.78 is 0. The Morgan fingerprint density at radius 1 is 1.85 bits per heavy atom. The van der Waals surface area contributed by atoms with Crippen molar-refractivity contribution < 1.29 is 9.90 Å². The fraction of sp³-hybridized carbons (Fsp3) is 0.250. The van der Waals surface area contributed by atoms with Crippen molar-refractivity contribution in [2.75, 3.05) is 0 Å². The molecule has 0 spiro atoms. The first-order valence-corrected chi connectivity index (χ1v) is 4.38. The van der Waals surface area contributed by atoms with Crippen molar-refractivity contribution in [3.63, 3.8) is 0 Å². The van der Waals surface area contributed by atoms with Crippen molar-refractivity contribution in [1.82, 2.24) is 0 Å². The van der Waals surface area contributed by atoms with E-state index in [4.69, 9.17) is 16.1 Å². The lowest BCUT2D eigenvalue weighted by Gasteiger charge is -2.16. The summed E-state index contributed by atoms with van der Waals surface area (Å²) in [6.07, 6.45) is 0. The minimum atomic E-state index is -1.41. The van der Waals surface area contributed by atoms with Gasteiger partial charge in [0.05, 0.1) is 0 Å². The number of nitriles is 1. The van der Waals surface area contributed by atoms with Crippen LogP contribution in [0.2, 0.25) is 0 Å². The van der Waals surface area contributed by atoms with Crippen molar-refractivity contribution in [3.8, 4) is 6.07 Å². The van der Waals surface area contributed by atoms with Gasteiger partial charge in [-0.2, -0.15) is 5.26 Å². The number of aliphatic carboxylic acids is 1. The molecule has 0 fully saturated rings. The van der Waals surface area contributed by atoms with Crippen LogP contribution in [-0.4, -0.2) is 11.1 Å². The molecule has 0 saturated carbocycles. The van der Waals surface area contributed by atoms with E-state index in [2.05, 4.69) is 0 Å². The summed E-state index contributed by atoms with van der Waals surface area (Å²) in [5, 5.41) is 18.9. The standard InChI is InChI=1S/C8H8N2O2S/c1-8(10,7(11)12)5-2-6(3-9)13-4-5/h2,4H,10H2,1H3,(H,11,12)/t8-/m1/s1. The van der Waals surface area contributed by atoms with Gasteiger partial charge in [0.2, 0.25) is 0 Å². The Hall–Kier alpha value is -1.38. The van der Waals surface area contributed by atoms with Crippen molar-refractivity contribution in [1.29, 1.82) is 5.26 Å². The lowest BCUT2D eigenvalue weighted by Crippen LogP contribution is -2.41. The number of carboxylic acid groups (broad SMARTS) is 1.